The van der Waals surface area contributed by atoms with Crippen LogP contribution >= 0.6 is 0 Å². The molecule has 0 spiro atoms. The zero-order valence-corrected chi connectivity index (χ0v) is 13.0. The second-order valence-electron chi connectivity index (χ2n) is 4.78. The molecule has 0 unspecified atom stereocenters. The van der Waals surface area contributed by atoms with Crippen LogP contribution < -0.4 is 4.57 Å². The maximum Gasteiger partial charge on any atom is 0.569 e. The van der Waals surface area contributed by atoms with Gasteiger partial charge in [-0.15, -0.1) is 0 Å². The second kappa shape index (κ2) is 6.99. The molecule has 0 fully saturated rings. The zero-order chi connectivity index (χ0) is 13.6. The lowest BCUT2D eigenvalue weighted by Gasteiger charge is -2.21. The highest BCUT2D eigenvalue weighted by molar-refractivity contribution is 6.58. The van der Waals surface area contributed by atoms with Crippen molar-refractivity contribution < 1.29 is 17.8 Å². The summed E-state index contributed by atoms with van der Waals surface area (Å²) >= 11 is 0. The lowest BCUT2D eigenvalue weighted by molar-refractivity contribution is -0.685. The molecule has 0 atom stereocenters. The van der Waals surface area contributed by atoms with Crippen molar-refractivity contribution in [2.24, 2.45) is 5.92 Å². The van der Waals surface area contributed by atoms with Crippen molar-refractivity contribution in [1.29, 1.82) is 0 Å². The van der Waals surface area contributed by atoms with E-state index < -0.39 is 8.80 Å². The highest BCUT2D eigenvalue weighted by atomic mass is 28.4. The van der Waals surface area contributed by atoms with E-state index in [1.54, 1.807) is 21.3 Å². The van der Waals surface area contributed by atoms with E-state index in [0.29, 0.717) is 12.1 Å². The van der Waals surface area contributed by atoms with Gasteiger partial charge < -0.3 is 13.3 Å². The Balaban J connectivity index is 2.83. The van der Waals surface area contributed by atoms with Crippen LogP contribution in [0.3, 0.4) is 0 Å². The molecule has 18 heavy (non-hydrogen) atoms. The summed E-state index contributed by atoms with van der Waals surface area (Å²) in [6.07, 6.45) is 5.85. The molecule has 1 heterocycles. The summed E-state index contributed by atoms with van der Waals surface area (Å²) < 4.78 is 18.4. The van der Waals surface area contributed by atoms with E-state index in [0.717, 1.165) is 6.42 Å². The normalized spacial score (nSPS) is 12.1. The molecule has 1 aromatic heterocycles. The molecule has 0 aromatic carbocycles. The summed E-state index contributed by atoms with van der Waals surface area (Å²) in [5.41, 5.74) is 1.32. The first-order valence-electron chi connectivity index (χ1n) is 6.18. The Morgan fingerprint density at radius 2 is 1.78 bits per heavy atom. The van der Waals surface area contributed by atoms with Crippen LogP contribution in [-0.4, -0.2) is 30.1 Å². The van der Waals surface area contributed by atoms with Crippen LogP contribution in [-0.2, 0) is 25.9 Å². The first-order valence-corrected chi connectivity index (χ1v) is 8.12. The molecular weight excluding hydrogens is 246 g/mol. The van der Waals surface area contributed by atoms with Crippen LogP contribution in [0.5, 0.6) is 0 Å². The topological polar surface area (TPSA) is 31.6 Å². The molecule has 0 bridgehead atoms. The minimum atomic E-state index is -2.56. The van der Waals surface area contributed by atoms with Crippen LogP contribution in [0.15, 0.2) is 24.5 Å². The summed E-state index contributed by atoms with van der Waals surface area (Å²) in [6, 6.07) is 4.20. The number of hydrogen-bond acceptors (Lipinski definition) is 3. The highest BCUT2D eigenvalue weighted by Gasteiger charge is 2.43. The standard InChI is InChI=1S/C13H24NO3Si/c1-12(2)9-13-7-6-8-14(10-13)11-18(15-3,16-4)17-5/h6-8,10,12H,9,11H2,1-5H3/q+1. The highest BCUT2D eigenvalue weighted by Crippen LogP contribution is 2.08. The molecule has 1 aromatic rings. The number of nitrogens with zero attached hydrogens (tertiary/aromatic N) is 1. The van der Waals surface area contributed by atoms with Gasteiger partial charge in [-0.1, -0.05) is 13.8 Å². The van der Waals surface area contributed by atoms with Crippen molar-refractivity contribution in [2.45, 2.75) is 26.4 Å². The second-order valence-corrected chi connectivity index (χ2v) is 7.68. The van der Waals surface area contributed by atoms with Gasteiger partial charge in [0.05, 0.1) is 0 Å². The monoisotopic (exact) mass is 270 g/mol. The third-order valence-electron chi connectivity index (χ3n) is 2.87. The minimum absolute atomic E-state index is 0.627. The average Bonchev–Trinajstić information content (AvgIpc) is 2.36. The van der Waals surface area contributed by atoms with Gasteiger partial charge in [0, 0.05) is 33.0 Å². The average molecular weight is 270 g/mol. The number of rotatable bonds is 7. The molecule has 0 aliphatic rings. The number of aromatic nitrogens is 1. The molecule has 4 nitrogen and oxygen atoms in total. The summed E-state index contributed by atoms with van der Waals surface area (Å²) in [6.45, 7) is 4.44. The van der Waals surface area contributed by atoms with Gasteiger partial charge in [-0.3, -0.25) is 0 Å². The summed E-state index contributed by atoms with van der Waals surface area (Å²) in [4.78, 5) is 0. The van der Waals surface area contributed by atoms with Crippen molar-refractivity contribution in [1.82, 2.24) is 0 Å². The maximum atomic E-state index is 5.43. The van der Waals surface area contributed by atoms with Gasteiger partial charge in [-0.25, -0.2) is 0 Å². The smallest absolute Gasteiger partial charge is 0.373 e. The Kier molecular flexibility index (Phi) is 5.94. The van der Waals surface area contributed by atoms with Crippen LogP contribution in [0.1, 0.15) is 19.4 Å². The van der Waals surface area contributed by atoms with Crippen LogP contribution in [0.2, 0.25) is 0 Å². The van der Waals surface area contributed by atoms with Gasteiger partial charge in [-0.05, 0) is 18.4 Å². The predicted molar refractivity (Wildman–Crippen MR) is 72.0 cm³/mol. The van der Waals surface area contributed by atoms with Gasteiger partial charge in [0.2, 0.25) is 6.17 Å². The van der Waals surface area contributed by atoms with E-state index in [1.807, 2.05) is 6.20 Å². The lowest BCUT2D eigenvalue weighted by atomic mass is 10.1. The third-order valence-corrected chi connectivity index (χ3v) is 5.49. The van der Waals surface area contributed by atoms with Crippen molar-refractivity contribution >= 4 is 8.80 Å². The maximum absolute atomic E-state index is 5.43. The molecule has 0 N–H and O–H groups in total. The lowest BCUT2D eigenvalue weighted by Crippen LogP contribution is -2.56. The summed E-state index contributed by atoms with van der Waals surface area (Å²) in [7, 11) is 2.35. The molecular formula is C13H24NO3Si+. The van der Waals surface area contributed by atoms with Crippen molar-refractivity contribution in [3.8, 4) is 0 Å². The fraction of sp³-hybridized carbons (Fsp3) is 0.615. The molecule has 0 aliphatic carbocycles. The largest absolute Gasteiger partial charge is 0.569 e. The Hall–Kier alpha value is -0.753. The Labute approximate surface area is 111 Å². The minimum Gasteiger partial charge on any atom is -0.373 e. The van der Waals surface area contributed by atoms with Crippen LogP contribution in [0.4, 0.5) is 0 Å². The van der Waals surface area contributed by atoms with E-state index in [4.69, 9.17) is 13.3 Å². The van der Waals surface area contributed by atoms with Crippen molar-refractivity contribution in [3.63, 3.8) is 0 Å². The summed E-state index contributed by atoms with van der Waals surface area (Å²) in [5, 5.41) is 0. The van der Waals surface area contributed by atoms with Gasteiger partial charge in [0.15, 0.2) is 12.4 Å². The predicted octanol–water partition coefficient (Wildman–Crippen LogP) is 1.59. The van der Waals surface area contributed by atoms with Gasteiger partial charge in [0.25, 0.3) is 0 Å². The molecule has 0 saturated heterocycles. The summed E-state index contributed by atoms with van der Waals surface area (Å²) in [5.74, 6) is 0.648. The van der Waals surface area contributed by atoms with E-state index in [-0.39, 0.29) is 0 Å². The quantitative estimate of drug-likeness (QED) is 0.557. The SMILES string of the molecule is CO[Si](C[n+]1cccc(CC(C)C)c1)(OC)OC. The first-order chi connectivity index (χ1) is 8.55. The third kappa shape index (κ3) is 4.17. The van der Waals surface area contributed by atoms with Crippen LogP contribution in [0, 0.1) is 5.92 Å². The van der Waals surface area contributed by atoms with E-state index in [1.165, 1.54) is 5.56 Å². The van der Waals surface area contributed by atoms with Gasteiger partial charge in [-0.2, -0.15) is 4.57 Å². The zero-order valence-electron chi connectivity index (χ0n) is 12.0. The van der Waals surface area contributed by atoms with E-state index in [9.17, 15) is 0 Å². The molecule has 0 saturated carbocycles. The Bertz CT molecular complexity index is 359. The van der Waals surface area contributed by atoms with Crippen molar-refractivity contribution in [3.05, 3.63) is 30.1 Å². The molecule has 0 amide bonds. The first kappa shape index (κ1) is 15.3. The molecule has 0 aliphatic heterocycles. The number of hydrogen-bond donors (Lipinski definition) is 0. The fourth-order valence-electron chi connectivity index (χ4n) is 1.93. The fourth-order valence-corrected chi connectivity index (χ4v) is 3.47. The van der Waals surface area contributed by atoms with Gasteiger partial charge >= 0.3 is 8.80 Å². The molecule has 0 radical (unpaired) electrons. The van der Waals surface area contributed by atoms with E-state index in [2.05, 4.69) is 36.7 Å². The van der Waals surface area contributed by atoms with Crippen LogP contribution in [0.25, 0.3) is 0 Å². The molecule has 102 valence electrons. The molecule has 1 rings (SSSR count). The Morgan fingerprint density at radius 1 is 1.17 bits per heavy atom. The van der Waals surface area contributed by atoms with Gasteiger partial charge in [0.1, 0.15) is 0 Å². The van der Waals surface area contributed by atoms with E-state index >= 15 is 0 Å². The van der Waals surface area contributed by atoms with Crippen molar-refractivity contribution in [2.75, 3.05) is 21.3 Å². The molecule has 5 heteroatoms. The number of pyridine rings is 1. The Morgan fingerprint density at radius 3 is 2.28 bits per heavy atom.